The Hall–Kier alpha value is -1.84. The van der Waals surface area contributed by atoms with Crippen LogP contribution in [0.15, 0.2) is 30.3 Å². The van der Waals surface area contributed by atoms with Gasteiger partial charge in [0.2, 0.25) is 0 Å². The molecule has 23 heavy (non-hydrogen) atoms. The summed E-state index contributed by atoms with van der Waals surface area (Å²) in [5, 5.41) is 0. The fourth-order valence-electron chi connectivity index (χ4n) is 3.50. The van der Waals surface area contributed by atoms with Crippen molar-refractivity contribution in [2.75, 3.05) is 0 Å². The summed E-state index contributed by atoms with van der Waals surface area (Å²) in [7, 11) is 0. The van der Waals surface area contributed by atoms with Gasteiger partial charge in [-0.1, -0.05) is 51.1 Å². The molecule has 1 aliphatic rings. The van der Waals surface area contributed by atoms with Crippen molar-refractivity contribution in [2.45, 2.75) is 51.6 Å². The largest absolute Gasteiger partial charge is 0.433 e. The lowest BCUT2D eigenvalue weighted by atomic mass is 9.78. The molecule has 1 aliphatic carbocycles. The van der Waals surface area contributed by atoms with Gasteiger partial charge in [-0.15, -0.1) is 0 Å². The highest BCUT2D eigenvalue weighted by Crippen LogP contribution is 2.45. The molecule has 0 saturated heterocycles. The summed E-state index contributed by atoms with van der Waals surface area (Å²) >= 11 is 0. The number of fused-ring (bicyclic) bond motifs is 1. The van der Waals surface area contributed by atoms with Crippen molar-refractivity contribution in [3.8, 4) is 11.1 Å². The summed E-state index contributed by atoms with van der Waals surface area (Å²) in [4.78, 5) is 4.05. The van der Waals surface area contributed by atoms with Gasteiger partial charge in [0, 0.05) is 11.3 Å². The summed E-state index contributed by atoms with van der Waals surface area (Å²) in [5.74, 6) is 0. The Balaban J connectivity index is 2.43. The molecular formula is C19H20F3N. The topological polar surface area (TPSA) is 12.9 Å². The minimum Gasteiger partial charge on any atom is -0.247 e. The van der Waals surface area contributed by atoms with Gasteiger partial charge in [-0.05, 0) is 41.4 Å². The number of alkyl halides is 3. The van der Waals surface area contributed by atoms with Gasteiger partial charge in [-0.2, -0.15) is 13.2 Å². The molecule has 0 aliphatic heterocycles. The standard InChI is InChI=1S/C19H20F3N/c1-18(2,3)16-13-10-7-11-14(13)23-17(19(20,21)22)15(16)12-8-5-4-6-9-12/h4-6,8-9H,7,10-11H2,1-3H3. The van der Waals surface area contributed by atoms with E-state index in [1.165, 1.54) is 0 Å². The Morgan fingerprint density at radius 1 is 0.957 bits per heavy atom. The molecule has 0 fully saturated rings. The van der Waals surface area contributed by atoms with Crippen molar-refractivity contribution in [2.24, 2.45) is 0 Å². The van der Waals surface area contributed by atoms with E-state index in [2.05, 4.69) is 4.98 Å². The molecule has 1 nitrogen and oxygen atoms in total. The van der Waals surface area contributed by atoms with Gasteiger partial charge in [0.25, 0.3) is 0 Å². The normalized spacial score (nSPS) is 14.9. The number of aryl methyl sites for hydroxylation is 1. The number of rotatable bonds is 1. The van der Waals surface area contributed by atoms with Crippen molar-refractivity contribution < 1.29 is 13.2 Å². The van der Waals surface area contributed by atoms with Crippen LogP contribution in [0.4, 0.5) is 13.2 Å². The van der Waals surface area contributed by atoms with Crippen molar-refractivity contribution in [3.05, 3.63) is 52.8 Å². The summed E-state index contributed by atoms with van der Waals surface area (Å²) in [6.45, 7) is 5.94. The molecule has 1 heterocycles. The third-order valence-corrected chi connectivity index (χ3v) is 4.31. The number of pyridine rings is 1. The van der Waals surface area contributed by atoms with Crippen LogP contribution in [0, 0.1) is 0 Å². The zero-order chi connectivity index (χ0) is 16.8. The van der Waals surface area contributed by atoms with E-state index < -0.39 is 11.9 Å². The van der Waals surface area contributed by atoms with Crippen LogP contribution >= 0.6 is 0 Å². The van der Waals surface area contributed by atoms with E-state index in [1.54, 1.807) is 24.3 Å². The second-order valence-electron chi connectivity index (χ2n) is 7.10. The first-order chi connectivity index (χ1) is 10.7. The molecule has 0 amide bonds. The fourth-order valence-corrected chi connectivity index (χ4v) is 3.50. The number of benzene rings is 1. The number of halogens is 3. The number of aromatic nitrogens is 1. The molecule has 2 aromatic rings. The van der Waals surface area contributed by atoms with E-state index in [9.17, 15) is 13.2 Å². The summed E-state index contributed by atoms with van der Waals surface area (Å²) in [5.41, 5.74) is 2.18. The molecular weight excluding hydrogens is 299 g/mol. The van der Waals surface area contributed by atoms with Crippen molar-refractivity contribution in [1.29, 1.82) is 0 Å². The van der Waals surface area contributed by atoms with Gasteiger partial charge in [-0.25, -0.2) is 4.98 Å². The van der Waals surface area contributed by atoms with Gasteiger partial charge in [0.1, 0.15) is 0 Å². The van der Waals surface area contributed by atoms with Crippen LogP contribution in [0.25, 0.3) is 11.1 Å². The maximum atomic E-state index is 13.7. The van der Waals surface area contributed by atoms with Gasteiger partial charge in [-0.3, -0.25) is 0 Å². The Labute approximate surface area is 134 Å². The molecule has 0 N–H and O–H groups in total. The molecule has 0 bridgehead atoms. The second-order valence-corrected chi connectivity index (χ2v) is 7.10. The van der Waals surface area contributed by atoms with Gasteiger partial charge < -0.3 is 0 Å². The second kappa shape index (κ2) is 5.36. The zero-order valence-electron chi connectivity index (χ0n) is 13.6. The molecule has 1 aromatic carbocycles. The molecule has 1 aromatic heterocycles. The van der Waals surface area contributed by atoms with Crippen LogP contribution in [0.2, 0.25) is 0 Å². The zero-order valence-corrected chi connectivity index (χ0v) is 13.6. The van der Waals surface area contributed by atoms with Crippen LogP contribution < -0.4 is 0 Å². The first-order valence-corrected chi connectivity index (χ1v) is 7.88. The summed E-state index contributed by atoms with van der Waals surface area (Å²) < 4.78 is 41.1. The SMILES string of the molecule is CC(C)(C)c1c2c(nc(C(F)(F)F)c1-c1ccccc1)CCC2. The van der Waals surface area contributed by atoms with Crippen LogP contribution in [-0.4, -0.2) is 4.98 Å². The fraction of sp³-hybridized carbons (Fsp3) is 0.421. The highest BCUT2D eigenvalue weighted by Gasteiger charge is 2.41. The monoisotopic (exact) mass is 319 g/mol. The maximum Gasteiger partial charge on any atom is 0.433 e. The van der Waals surface area contributed by atoms with Crippen molar-refractivity contribution >= 4 is 0 Å². The lowest BCUT2D eigenvalue weighted by molar-refractivity contribution is -0.140. The van der Waals surface area contributed by atoms with Gasteiger partial charge >= 0.3 is 6.18 Å². The Kier molecular flexibility index (Phi) is 3.74. The molecule has 122 valence electrons. The van der Waals surface area contributed by atoms with Crippen LogP contribution in [0.3, 0.4) is 0 Å². The van der Waals surface area contributed by atoms with E-state index in [-0.39, 0.29) is 11.0 Å². The van der Waals surface area contributed by atoms with Crippen LogP contribution in [-0.2, 0) is 24.4 Å². The molecule has 3 rings (SSSR count). The molecule has 4 heteroatoms. The Morgan fingerprint density at radius 2 is 1.61 bits per heavy atom. The smallest absolute Gasteiger partial charge is 0.247 e. The lowest BCUT2D eigenvalue weighted by Crippen LogP contribution is -2.22. The minimum atomic E-state index is -4.46. The van der Waals surface area contributed by atoms with E-state index >= 15 is 0 Å². The quantitative estimate of drug-likeness (QED) is 0.671. The number of hydrogen-bond acceptors (Lipinski definition) is 1. The molecule has 0 unspecified atom stereocenters. The predicted molar refractivity (Wildman–Crippen MR) is 85.4 cm³/mol. The predicted octanol–water partition coefficient (Wildman–Crippen LogP) is 5.55. The lowest BCUT2D eigenvalue weighted by Gasteiger charge is -2.28. The highest BCUT2D eigenvalue weighted by atomic mass is 19.4. The molecule has 0 spiro atoms. The first-order valence-electron chi connectivity index (χ1n) is 7.88. The molecule has 0 saturated carbocycles. The van der Waals surface area contributed by atoms with Crippen molar-refractivity contribution in [1.82, 2.24) is 4.98 Å². The van der Waals surface area contributed by atoms with Crippen LogP contribution in [0.5, 0.6) is 0 Å². The first kappa shape index (κ1) is 16.0. The maximum absolute atomic E-state index is 13.7. The van der Waals surface area contributed by atoms with E-state index in [0.29, 0.717) is 17.7 Å². The van der Waals surface area contributed by atoms with Crippen molar-refractivity contribution in [3.63, 3.8) is 0 Å². The van der Waals surface area contributed by atoms with Gasteiger partial charge in [0.15, 0.2) is 5.69 Å². The Morgan fingerprint density at radius 3 is 2.17 bits per heavy atom. The van der Waals surface area contributed by atoms with E-state index in [4.69, 9.17) is 0 Å². The average Bonchev–Trinajstić information content (AvgIpc) is 2.92. The third kappa shape index (κ3) is 2.87. The average molecular weight is 319 g/mol. The number of hydrogen-bond donors (Lipinski definition) is 0. The Bertz CT molecular complexity index is 725. The summed E-state index contributed by atoms with van der Waals surface area (Å²) in [6, 6.07) is 8.84. The number of nitrogens with zero attached hydrogens (tertiary/aromatic N) is 1. The van der Waals surface area contributed by atoms with E-state index in [1.807, 2.05) is 26.8 Å². The molecule has 0 atom stereocenters. The summed E-state index contributed by atoms with van der Waals surface area (Å²) in [6.07, 6.45) is -2.13. The van der Waals surface area contributed by atoms with Gasteiger partial charge in [0.05, 0.1) is 0 Å². The molecule has 0 radical (unpaired) electrons. The minimum absolute atomic E-state index is 0.256. The third-order valence-electron chi connectivity index (χ3n) is 4.31. The van der Waals surface area contributed by atoms with Crippen LogP contribution in [0.1, 0.15) is 49.7 Å². The van der Waals surface area contributed by atoms with E-state index in [0.717, 1.165) is 24.0 Å². The highest BCUT2D eigenvalue weighted by molar-refractivity contribution is 5.74.